The van der Waals surface area contributed by atoms with Crippen LogP contribution in [0.2, 0.25) is 0 Å². The predicted molar refractivity (Wildman–Crippen MR) is 77.6 cm³/mol. The van der Waals surface area contributed by atoms with Crippen molar-refractivity contribution < 1.29 is 4.39 Å². The molecule has 0 aliphatic heterocycles. The number of benzene rings is 1. The fourth-order valence-corrected chi connectivity index (χ4v) is 2.50. The minimum atomic E-state index is -0.233. The SMILES string of the molecule is Cc1nn(Cc2ccc(F)cc2Br)c(C)c1I. The molecule has 2 nitrogen and oxygen atoms in total. The Hall–Kier alpha value is -0.430. The minimum Gasteiger partial charge on any atom is -0.264 e. The molecule has 0 atom stereocenters. The highest BCUT2D eigenvalue weighted by Gasteiger charge is 2.10. The largest absolute Gasteiger partial charge is 0.264 e. The van der Waals surface area contributed by atoms with Crippen LogP contribution in [-0.4, -0.2) is 9.78 Å². The lowest BCUT2D eigenvalue weighted by atomic mass is 10.2. The van der Waals surface area contributed by atoms with Gasteiger partial charge in [0.05, 0.1) is 15.8 Å². The third-order valence-corrected chi connectivity index (χ3v) is 4.93. The zero-order valence-electron chi connectivity index (χ0n) is 9.47. The van der Waals surface area contributed by atoms with E-state index in [9.17, 15) is 4.39 Å². The average molecular weight is 409 g/mol. The molecule has 0 saturated heterocycles. The quantitative estimate of drug-likeness (QED) is 0.685. The van der Waals surface area contributed by atoms with Crippen LogP contribution in [0.3, 0.4) is 0 Å². The highest BCUT2D eigenvalue weighted by molar-refractivity contribution is 14.1. The highest BCUT2D eigenvalue weighted by Crippen LogP contribution is 2.21. The van der Waals surface area contributed by atoms with Crippen molar-refractivity contribution in [3.63, 3.8) is 0 Å². The second-order valence-corrected chi connectivity index (χ2v) is 5.81. The van der Waals surface area contributed by atoms with Crippen LogP contribution in [0.15, 0.2) is 22.7 Å². The van der Waals surface area contributed by atoms with Crippen LogP contribution in [0.5, 0.6) is 0 Å². The van der Waals surface area contributed by atoms with E-state index in [0.29, 0.717) is 6.54 Å². The maximum absolute atomic E-state index is 13.0. The number of aryl methyl sites for hydroxylation is 1. The summed E-state index contributed by atoms with van der Waals surface area (Å²) in [6.07, 6.45) is 0. The zero-order chi connectivity index (χ0) is 12.6. The van der Waals surface area contributed by atoms with E-state index in [4.69, 9.17) is 0 Å². The smallest absolute Gasteiger partial charge is 0.124 e. The van der Waals surface area contributed by atoms with Gasteiger partial charge in [-0.3, -0.25) is 4.68 Å². The Labute approximate surface area is 121 Å². The lowest BCUT2D eigenvalue weighted by molar-refractivity contribution is 0.620. The molecule has 0 spiro atoms. The van der Waals surface area contributed by atoms with Crippen LogP contribution in [0.4, 0.5) is 4.39 Å². The van der Waals surface area contributed by atoms with Crippen LogP contribution in [0, 0.1) is 23.2 Å². The second kappa shape index (κ2) is 5.06. The molecular formula is C12H11BrFIN2. The Morgan fingerprint density at radius 2 is 2.12 bits per heavy atom. The molecule has 90 valence electrons. The molecule has 2 rings (SSSR count). The van der Waals surface area contributed by atoms with E-state index in [1.165, 1.54) is 15.7 Å². The van der Waals surface area contributed by atoms with Gasteiger partial charge in [0.1, 0.15) is 5.82 Å². The van der Waals surface area contributed by atoms with Gasteiger partial charge >= 0.3 is 0 Å². The first-order valence-corrected chi connectivity index (χ1v) is 6.99. The fourth-order valence-electron chi connectivity index (χ4n) is 1.64. The molecule has 0 aliphatic rings. The number of hydrogen-bond donors (Lipinski definition) is 0. The molecule has 0 fully saturated rings. The lowest BCUT2D eigenvalue weighted by Gasteiger charge is -2.07. The topological polar surface area (TPSA) is 17.8 Å². The van der Waals surface area contributed by atoms with E-state index in [-0.39, 0.29) is 5.82 Å². The maximum Gasteiger partial charge on any atom is 0.124 e. The van der Waals surface area contributed by atoms with Crippen LogP contribution >= 0.6 is 38.5 Å². The van der Waals surface area contributed by atoms with Gasteiger partial charge in [-0.05, 0) is 54.1 Å². The lowest BCUT2D eigenvalue weighted by Crippen LogP contribution is -2.05. The average Bonchev–Trinajstić information content (AvgIpc) is 2.50. The summed E-state index contributed by atoms with van der Waals surface area (Å²) >= 11 is 5.66. The van der Waals surface area contributed by atoms with Gasteiger partial charge in [0, 0.05) is 10.2 Å². The Morgan fingerprint density at radius 1 is 1.41 bits per heavy atom. The first-order valence-electron chi connectivity index (χ1n) is 5.12. The molecule has 0 N–H and O–H groups in total. The van der Waals surface area contributed by atoms with Crippen molar-refractivity contribution >= 4 is 38.5 Å². The van der Waals surface area contributed by atoms with E-state index >= 15 is 0 Å². The Kier molecular flexibility index (Phi) is 3.87. The van der Waals surface area contributed by atoms with Crippen LogP contribution in [0.25, 0.3) is 0 Å². The van der Waals surface area contributed by atoms with Gasteiger partial charge < -0.3 is 0 Å². The third-order valence-electron chi connectivity index (χ3n) is 2.63. The molecule has 0 saturated carbocycles. The summed E-state index contributed by atoms with van der Waals surface area (Å²) in [6, 6.07) is 4.73. The van der Waals surface area contributed by atoms with E-state index in [0.717, 1.165) is 21.4 Å². The van der Waals surface area contributed by atoms with Crippen LogP contribution in [-0.2, 0) is 6.54 Å². The number of aromatic nitrogens is 2. The summed E-state index contributed by atoms with van der Waals surface area (Å²) in [5.41, 5.74) is 3.19. The van der Waals surface area contributed by atoms with Gasteiger partial charge in [0.25, 0.3) is 0 Å². The first kappa shape index (κ1) is 13.0. The molecule has 5 heteroatoms. The molecule has 1 aromatic heterocycles. The Morgan fingerprint density at radius 3 is 2.65 bits per heavy atom. The van der Waals surface area contributed by atoms with Gasteiger partial charge in [0.15, 0.2) is 0 Å². The minimum absolute atomic E-state index is 0.233. The number of rotatable bonds is 2. The predicted octanol–water partition coefficient (Wildman–Crippen LogP) is 4.05. The molecule has 2 aromatic rings. The molecule has 1 heterocycles. The van der Waals surface area contributed by atoms with Crippen molar-refractivity contribution in [3.8, 4) is 0 Å². The van der Waals surface area contributed by atoms with Crippen molar-refractivity contribution in [2.45, 2.75) is 20.4 Å². The van der Waals surface area contributed by atoms with Gasteiger partial charge in [-0.15, -0.1) is 0 Å². The Balaban J connectivity index is 2.34. The summed E-state index contributed by atoms with van der Waals surface area (Å²) in [7, 11) is 0. The second-order valence-electron chi connectivity index (χ2n) is 3.88. The summed E-state index contributed by atoms with van der Waals surface area (Å²) in [6.45, 7) is 4.68. The number of nitrogens with zero attached hydrogens (tertiary/aromatic N) is 2. The third kappa shape index (κ3) is 2.70. The van der Waals surface area contributed by atoms with E-state index < -0.39 is 0 Å². The fraction of sp³-hybridized carbons (Fsp3) is 0.250. The molecule has 0 bridgehead atoms. The van der Waals surface area contributed by atoms with E-state index in [1.54, 1.807) is 6.07 Å². The number of halogens is 3. The highest BCUT2D eigenvalue weighted by atomic mass is 127. The molecule has 0 radical (unpaired) electrons. The van der Waals surface area contributed by atoms with Gasteiger partial charge in [-0.2, -0.15) is 5.10 Å². The molecule has 0 amide bonds. The molecule has 1 aromatic carbocycles. The van der Waals surface area contributed by atoms with Gasteiger partial charge in [0.2, 0.25) is 0 Å². The van der Waals surface area contributed by atoms with Crippen molar-refractivity contribution in [1.29, 1.82) is 0 Å². The molecule has 0 aliphatic carbocycles. The summed E-state index contributed by atoms with van der Waals surface area (Å²) in [4.78, 5) is 0. The van der Waals surface area contributed by atoms with Gasteiger partial charge in [-0.25, -0.2) is 4.39 Å². The maximum atomic E-state index is 13.0. The van der Waals surface area contributed by atoms with Crippen molar-refractivity contribution in [1.82, 2.24) is 9.78 Å². The standard InChI is InChI=1S/C12H11BrFIN2/c1-7-12(15)8(2)17(16-7)6-9-3-4-10(14)5-11(9)13/h3-5H,6H2,1-2H3. The summed E-state index contributed by atoms with van der Waals surface area (Å²) < 4.78 is 16.9. The van der Waals surface area contributed by atoms with Crippen molar-refractivity contribution in [3.05, 3.63) is 49.0 Å². The van der Waals surface area contributed by atoms with Crippen LogP contribution < -0.4 is 0 Å². The molecule has 17 heavy (non-hydrogen) atoms. The monoisotopic (exact) mass is 408 g/mol. The van der Waals surface area contributed by atoms with Crippen molar-refractivity contribution in [2.75, 3.05) is 0 Å². The molecule has 0 unspecified atom stereocenters. The number of hydrogen-bond acceptors (Lipinski definition) is 1. The van der Waals surface area contributed by atoms with Gasteiger partial charge in [-0.1, -0.05) is 22.0 Å². The van der Waals surface area contributed by atoms with Crippen molar-refractivity contribution in [2.24, 2.45) is 0 Å². The summed E-state index contributed by atoms with van der Waals surface area (Å²) in [5.74, 6) is -0.233. The zero-order valence-corrected chi connectivity index (χ0v) is 13.2. The van der Waals surface area contributed by atoms with E-state index in [1.807, 2.05) is 18.5 Å². The van der Waals surface area contributed by atoms with E-state index in [2.05, 4.69) is 43.6 Å². The molecular weight excluding hydrogens is 398 g/mol. The van der Waals surface area contributed by atoms with Crippen LogP contribution in [0.1, 0.15) is 17.0 Å². The first-order chi connectivity index (χ1) is 7.99. The normalized spacial score (nSPS) is 10.9. The summed E-state index contributed by atoms with van der Waals surface area (Å²) in [5, 5.41) is 4.46. The Bertz CT molecular complexity index is 566.